The summed E-state index contributed by atoms with van der Waals surface area (Å²) < 4.78 is 22.9. The zero-order valence-electron chi connectivity index (χ0n) is 5.28. The van der Waals surface area contributed by atoms with Gasteiger partial charge >= 0.3 is 5.97 Å². The van der Waals surface area contributed by atoms with Gasteiger partial charge in [0.1, 0.15) is 12.1 Å². The Balaban J connectivity index is 0. The predicted octanol–water partition coefficient (Wildman–Crippen LogP) is -0.554. The largest absolute Gasteiger partial charge is 0.480 e. The van der Waals surface area contributed by atoms with Crippen LogP contribution in [0.1, 0.15) is 0 Å². The summed E-state index contributed by atoms with van der Waals surface area (Å²) in [7, 11) is 0. The molecule has 68 valence electrons. The van der Waals surface area contributed by atoms with Crippen LogP contribution in [0.5, 0.6) is 0 Å². The lowest BCUT2D eigenvalue weighted by atomic mass is 10.2. The second-order valence-corrected chi connectivity index (χ2v) is 1.69. The Morgan fingerprint density at radius 1 is 1.45 bits per heavy atom. The van der Waals surface area contributed by atoms with Crippen LogP contribution in [0.15, 0.2) is 0 Å². The Bertz CT molecular complexity index is 135. The molecule has 2 unspecified atom stereocenters. The summed E-state index contributed by atoms with van der Waals surface area (Å²) in [6.45, 7) is 0. The van der Waals surface area contributed by atoms with Gasteiger partial charge in [-0.3, -0.25) is 4.79 Å². The topological polar surface area (TPSA) is 83.6 Å². The van der Waals surface area contributed by atoms with Gasteiger partial charge in [0, 0.05) is 0 Å². The van der Waals surface area contributed by atoms with Crippen molar-refractivity contribution in [1.82, 2.24) is 0 Å². The van der Waals surface area contributed by atoms with Gasteiger partial charge in [-0.15, -0.1) is 12.4 Å². The second kappa shape index (κ2) is 5.22. The van der Waals surface area contributed by atoms with Crippen LogP contribution in [0.4, 0.5) is 8.78 Å². The molecule has 0 amide bonds. The standard InChI is InChI=1S/C4H7F2NO3.ClH/c5-3(6)2(8)1(7)4(9)10;/h1-3,8H,7H2,(H,9,10);1H. The van der Waals surface area contributed by atoms with Crippen molar-refractivity contribution in [1.29, 1.82) is 0 Å². The number of carboxylic acids is 1. The fourth-order valence-electron chi connectivity index (χ4n) is 0.303. The number of carboxylic acid groups (broad SMARTS) is 1. The Hall–Kier alpha value is -0.460. The molecule has 4 N–H and O–H groups in total. The van der Waals surface area contributed by atoms with Gasteiger partial charge in [-0.05, 0) is 0 Å². The summed E-state index contributed by atoms with van der Waals surface area (Å²) in [5.41, 5.74) is 4.63. The van der Waals surface area contributed by atoms with Gasteiger partial charge in [-0.25, -0.2) is 8.78 Å². The van der Waals surface area contributed by atoms with Crippen molar-refractivity contribution in [3.8, 4) is 0 Å². The number of alkyl halides is 2. The molecule has 0 bridgehead atoms. The molecule has 7 heteroatoms. The minimum Gasteiger partial charge on any atom is -0.480 e. The summed E-state index contributed by atoms with van der Waals surface area (Å²) in [5.74, 6) is -1.65. The molecule has 0 saturated carbocycles. The van der Waals surface area contributed by atoms with Crippen LogP contribution in [-0.4, -0.2) is 34.8 Å². The average Bonchev–Trinajstić information content (AvgIpc) is 1.84. The van der Waals surface area contributed by atoms with E-state index in [1.54, 1.807) is 0 Å². The highest BCUT2D eigenvalue weighted by molar-refractivity contribution is 5.85. The summed E-state index contributed by atoms with van der Waals surface area (Å²) >= 11 is 0. The summed E-state index contributed by atoms with van der Waals surface area (Å²) in [6, 6.07) is -1.92. The predicted molar refractivity (Wildman–Crippen MR) is 34.9 cm³/mol. The van der Waals surface area contributed by atoms with E-state index in [4.69, 9.17) is 10.2 Å². The van der Waals surface area contributed by atoms with E-state index >= 15 is 0 Å². The van der Waals surface area contributed by atoms with E-state index in [0.29, 0.717) is 0 Å². The Morgan fingerprint density at radius 3 is 1.91 bits per heavy atom. The molecule has 0 heterocycles. The van der Waals surface area contributed by atoms with Crippen molar-refractivity contribution in [2.75, 3.05) is 0 Å². The fraction of sp³-hybridized carbons (Fsp3) is 0.750. The molecule has 4 nitrogen and oxygen atoms in total. The van der Waals surface area contributed by atoms with Crippen molar-refractivity contribution in [2.24, 2.45) is 5.73 Å². The number of aliphatic hydroxyl groups excluding tert-OH is 1. The van der Waals surface area contributed by atoms with Gasteiger partial charge in [-0.2, -0.15) is 0 Å². The van der Waals surface area contributed by atoms with Crippen LogP contribution in [0.25, 0.3) is 0 Å². The number of aliphatic hydroxyl groups is 1. The maximum absolute atomic E-state index is 11.4. The van der Waals surface area contributed by atoms with E-state index < -0.39 is 24.5 Å². The van der Waals surface area contributed by atoms with Crippen LogP contribution in [0.3, 0.4) is 0 Å². The molecule has 0 spiro atoms. The van der Waals surface area contributed by atoms with E-state index in [1.807, 2.05) is 0 Å². The molecule has 0 aromatic carbocycles. The highest BCUT2D eigenvalue weighted by atomic mass is 35.5. The van der Waals surface area contributed by atoms with E-state index in [9.17, 15) is 13.6 Å². The van der Waals surface area contributed by atoms with Crippen LogP contribution in [0.2, 0.25) is 0 Å². The van der Waals surface area contributed by atoms with E-state index in [2.05, 4.69) is 5.73 Å². The number of rotatable bonds is 3. The zero-order valence-corrected chi connectivity index (χ0v) is 6.09. The highest BCUT2D eigenvalue weighted by Crippen LogP contribution is 2.03. The molecule has 0 aliphatic heterocycles. The Kier molecular flexibility index (Phi) is 6.25. The molecule has 0 aliphatic carbocycles. The van der Waals surface area contributed by atoms with Crippen LogP contribution < -0.4 is 5.73 Å². The van der Waals surface area contributed by atoms with Crippen molar-refractivity contribution in [3.63, 3.8) is 0 Å². The van der Waals surface area contributed by atoms with Crippen LogP contribution in [-0.2, 0) is 4.79 Å². The van der Waals surface area contributed by atoms with Gasteiger partial charge in [0.2, 0.25) is 0 Å². The molecule has 0 radical (unpaired) electrons. The molecule has 0 aromatic rings. The molecule has 2 atom stereocenters. The number of aliphatic carboxylic acids is 1. The van der Waals surface area contributed by atoms with Crippen LogP contribution in [0, 0.1) is 0 Å². The lowest BCUT2D eigenvalue weighted by Crippen LogP contribution is -2.45. The number of carbonyl (C=O) groups is 1. The number of hydrogen-bond donors (Lipinski definition) is 3. The summed E-state index contributed by atoms with van der Waals surface area (Å²) in [5, 5.41) is 16.3. The third-order valence-corrected chi connectivity index (χ3v) is 0.911. The normalized spacial score (nSPS) is 15.4. The smallest absolute Gasteiger partial charge is 0.323 e. The quantitative estimate of drug-likeness (QED) is 0.559. The minimum atomic E-state index is -3.12. The molecule has 0 aromatic heterocycles. The number of halogens is 3. The van der Waals surface area contributed by atoms with Gasteiger partial charge in [0.25, 0.3) is 6.43 Å². The van der Waals surface area contributed by atoms with Gasteiger partial charge < -0.3 is 15.9 Å². The lowest BCUT2D eigenvalue weighted by molar-refractivity contribution is -0.144. The van der Waals surface area contributed by atoms with E-state index in [-0.39, 0.29) is 12.4 Å². The third-order valence-electron chi connectivity index (χ3n) is 0.911. The lowest BCUT2D eigenvalue weighted by Gasteiger charge is -2.12. The molecule has 0 rings (SSSR count). The van der Waals surface area contributed by atoms with Crippen LogP contribution >= 0.6 is 12.4 Å². The number of nitrogens with two attached hydrogens (primary N) is 1. The Labute approximate surface area is 67.4 Å². The third kappa shape index (κ3) is 4.07. The maximum Gasteiger partial charge on any atom is 0.323 e. The van der Waals surface area contributed by atoms with Crippen molar-refractivity contribution in [2.45, 2.75) is 18.6 Å². The minimum absolute atomic E-state index is 0. The molecule has 0 saturated heterocycles. The first kappa shape index (κ1) is 13.2. The summed E-state index contributed by atoms with van der Waals surface area (Å²) in [6.07, 6.45) is -5.41. The fourth-order valence-corrected chi connectivity index (χ4v) is 0.303. The molecule has 11 heavy (non-hydrogen) atoms. The molecular formula is C4H8ClF2NO3. The van der Waals surface area contributed by atoms with Crippen molar-refractivity contribution < 1.29 is 23.8 Å². The summed E-state index contributed by atoms with van der Waals surface area (Å²) in [4.78, 5) is 9.83. The van der Waals surface area contributed by atoms with Crippen molar-refractivity contribution in [3.05, 3.63) is 0 Å². The zero-order chi connectivity index (χ0) is 8.31. The van der Waals surface area contributed by atoms with Gasteiger partial charge in [0.15, 0.2) is 0 Å². The van der Waals surface area contributed by atoms with E-state index in [0.717, 1.165) is 0 Å². The molecule has 0 fully saturated rings. The van der Waals surface area contributed by atoms with Gasteiger partial charge in [-0.1, -0.05) is 0 Å². The first-order chi connectivity index (χ1) is 4.46. The first-order valence-corrected chi connectivity index (χ1v) is 2.41. The maximum atomic E-state index is 11.4. The van der Waals surface area contributed by atoms with Gasteiger partial charge in [0.05, 0.1) is 0 Å². The second-order valence-electron chi connectivity index (χ2n) is 1.69. The van der Waals surface area contributed by atoms with Crippen molar-refractivity contribution >= 4 is 18.4 Å². The monoisotopic (exact) mass is 191 g/mol. The SMILES string of the molecule is Cl.NC(C(=O)O)C(O)C(F)F. The van der Waals surface area contributed by atoms with E-state index in [1.165, 1.54) is 0 Å². The first-order valence-electron chi connectivity index (χ1n) is 2.41. The molecule has 0 aliphatic rings. The average molecular weight is 192 g/mol. The number of hydrogen-bond acceptors (Lipinski definition) is 3. The molecular weight excluding hydrogens is 183 g/mol. The highest BCUT2D eigenvalue weighted by Gasteiger charge is 2.29. The Morgan fingerprint density at radius 2 is 1.82 bits per heavy atom.